The summed E-state index contributed by atoms with van der Waals surface area (Å²) in [6.45, 7) is 11.6. The lowest BCUT2D eigenvalue weighted by molar-refractivity contribution is 0.0294. The van der Waals surface area contributed by atoms with Crippen LogP contribution in [0.4, 0.5) is 0 Å². The lowest BCUT2D eigenvalue weighted by atomic mass is 9.91. The van der Waals surface area contributed by atoms with Crippen molar-refractivity contribution in [3.63, 3.8) is 0 Å². The van der Waals surface area contributed by atoms with E-state index in [2.05, 4.69) is 52.1 Å². The van der Waals surface area contributed by atoms with Gasteiger partial charge in [0.15, 0.2) is 0 Å². The Bertz CT molecular complexity index is 394. The summed E-state index contributed by atoms with van der Waals surface area (Å²) in [7, 11) is 2.03. The average molecular weight is 263 g/mol. The first-order valence-corrected chi connectivity index (χ1v) is 7.41. The Hall–Kier alpha value is -0.860. The van der Waals surface area contributed by atoms with Gasteiger partial charge in [0.1, 0.15) is 0 Å². The number of aryl methyl sites for hydroxylation is 3. The second-order valence-corrected chi connectivity index (χ2v) is 5.34. The van der Waals surface area contributed by atoms with Crippen molar-refractivity contribution in [2.24, 2.45) is 0 Å². The molecule has 2 unspecified atom stereocenters. The lowest BCUT2D eigenvalue weighted by Gasteiger charge is -2.28. The van der Waals surface area contributed by atoms with Crippen molar-refractivity contribution in [3.05, 3.63) is 34.4 Å². The minimum absolute atomic E-state index is 0.251. The summed E-state index contributed by atoms with van der Waals surface area (Å²) < 4.78 is 5.95. The fraction of sp³-hybridized carbons (Fsp3) is 0.647. The summed E-state index contributed by atoms with van der Waals surface area (Å²) in [6.07, 6.45) is 2.49. The summed E-state index contributed by atoms with van der Waals surface area (Å²) in [5.41, 5.74) is 5.44. The van der Waals surface area contributed by atoms with E-state index in [-0.39, 0.29) is 12.1 Å². The van der Waals surface area contributed by atoms with E-state index in [0.29, 0.717) is 0 Å². The Morgan fingerprint density at radius 1 is 1.05 bits per heavy atom. The van der Waals surface area contributed by atoms with Gasteiger partial charge in [0.05, 0.1) is 12.1 Å². The Morgan fingerprint density at radius 2 is 1.68 bits per heavy atom. The third-order valence-electron chi connectivity index (χ3n) is 3.85. The number of rotatable bonds is 7. The zero-order valence-corrected chi connectivity index (χ0v) is 13.3. The first kappa shape index (κ1) is 16.2. The molecule has 0 saturated heterocycles. The van der Waals surface area contributed by atoms with E-state index < -0.39 is 0 Å². The quantitative estimate of drug-likeness (QED) is 0.800. The Kier molecular flexibility index (Phi) is 6.53. The van der Waals surface area contributed by atoms with E-state index in [0.717, 1.165) is 19.4 Å². The van der Waals surface area contributed by atoms with Crippen LogP contribution in [0.25, 0.3) is 0 Å². The molecule has 0 aliphatic heterocycles. The zero-order valence-electron chi connectivity index (χ0n) is 13.3. The van der Waals surface area contributed by atoms with E-state index in [1.54, 1.807) is 0 Å². The maximum Gasteiger partial charge on any atom is 0.0769 e. The van der Waals surface area contributed by atoms with Crippen LogP contribution in [0.3, 0.4) is 0 Å². The van der Waals surface area contributed by atoms with Gasteiger partial charge in [0.2, 0.25) is 0 Å². The molecule has 1 N–H and O–H groups in total. The van der Waals surface area contributed by atoms with Gasteiger partial charge in [-0.3, -0.25) is 0 Å². The number of hydrogen-bond acceptors (Lipinski definition) is 2. The second-order valence-electron chi connectivity index (χ2n) is 5.34. The van der Waals surface area contributed by atoms with E-state index in [9.17, 15) is 0 Å². The van der Waals surface area contributed by atoms with Gasteiger partial charge in [0, 0.05) is 6.61 Å². The Morgan fingerprint density at radius 3 is 2.21 bits per heavy atom. The molecule has 0 spiro atoms. The molecule has 0 fully saturated rings. The molecule has 0 bridgehead atoms. The smallest absolute Gasteiger partial charge is 0.0769 e. The summed E-state index contributed by atoms with van der Waals surface area (Å²) >= 11 is 0. The summed E-state index contributed by atoms with van der Waals surface area (Å²) in [4.78, 5) is 0. The molecule has 0 amide bonds. The van der Waals surface area contributed by atoms with Gasteiger partial charge in [-0.15, -0.1) is 0 Å². The van der Waals surface area contributed by atoms with Crippen LogP contribution in [0.1, 0.15) is 55.0 Å². The van der Waals surface area contributed by atoms with Crippen LogP contribution in [0.2, 0.25) is 0 Å². The zero-order chi connectivity index (χ0) is 14.4. The van der Waals surface area contributed by atoms with E-state index in [1.165, 1.54) is 22.3 Å². The number of ether oxygens (including phenoxy) is 1. The molecule has 2 atom stereocenters. The van der Waals surface area contributed by atoms with Gasteiger partial charge >= 0.3 is 0 Å². The molecule has 1 aromatic carbocycles. The standard InChI is InChI=1S/C17H29NO/c1-7-9-16(19-8-2)17(18-6)15-11-13(4)12(3)10-14(15)5/h10-11,16-18H,7-9H2,1-6H3. The topological polar surface area (TPSA) is 21.3 Å². The van der Waals surface area contributed by atoms with Gasteiger partial charge in [-0.2, -0.15) is 0 Å². The maximum absolute atomic E-state index is 5.95. The Labute approximate surface area is 118 Å². The van der Waals surface area contributed by atoms with Crippen LogP contribution in [-0.4, -0.2) is 19.8 Å². The first-order valence-electron chi connectivity index (χ1n) is 7.41. The fourth-order valence-electron chi connectivity index (χ4n) is 2.70. The normalized spacial score (nSPS) is 14.4. The summed E-state index contributed by atoms with van der Waals surface area (Å²) in [5, 5.41) is 3.45. The van der Waals surface area contributed by atoms with Crippen LogP contribution in [-0.2, 0) is 4.74 Å². The largest absolute Gasteiger partial charge is 0.377 e. The molecule has 0 aliphatic rings. The molecule has 0 heterocycles. The lowest BCUT2D eigenvalue weighted by Crippen LogP contribution is -2.32. The molecular weight excluding hydrogens is 234 g/mol. The molecule has 19 heavy (non-hydrogen) atoms. The fourth-order valence-corrected chi connectivity index (χ4v) is 2.70. The van der Waals surface area contributed by atoms with Crippen LogP contribution >= 0.6 is 0 Å². The second kappa shape index (κ2) is 7.66. The van der Waals surface area contributed by atoms with Crippen molar-refractivity contribution in [2.75, 3.05) is 13.7 Å². The van der Waals surface area contributed by atoms with Crippen LogP contribution < -0.4 is 5.32 Å². The molecule has 1 rings (SSSR count). The highest BCUT2D eigenvalue weighted by Gasteiger charge is 2.23. The first-order chi connectivity index (χ1) is 9.04. The molecule has 2 nitrogen and oxygen atoms in total. The highest BCUT2D eigenvalue weighted by atomic mass is 16.5. The van der Waals surface area contributed by atoms with Crippen molar-refractivity contribution >= 4 is 0 Å². The van der Waals surface area contributed by atoms with E-state index in [4.69, 9.17) is 4.74 Å². The minimum atomic E-state index is 0.251. The third-order valence-corrected chi connectivity index (χ3v) is 3.85. The highest BCUT2D eigenvalue weighted by molar-refractivity contribution is 5.38. The van der Waals surface area contributed by atoms with Crippen LogP contribution in [0, 0.1) is 20.8 Å². The van der Waals surface area contributed by atoms with Crippen molar-refractivity contribution in [1.29, 1.82) is 0 Å². The van der Waals surface area contributed by atoms with Gasteiger partial charge in [-0.25, -0.2) is 0 Å². The minimum Gasteiger partial charge on any atom is -0.377 e. The maximum atomic E-state index is 5.95. The van der Waals surface area contributed by atoms with E-state index in [1.807, 2.05) is 7.05 Å². The summed E-state index contributed by atoms with van der Waals surface area (Å²) in [6, 6.07) is 4.87. The van der Waals surface area contributed by atoms with E-state index >= 15 is 0 Å². The number of nitrogens with one attached hydrogen (secondary N) is 1. The molecule has 0 saturated carbocycles. The molecule has 1 aromatic rings. The molecule has 0 aromatic heterocycles. The molecule has 2 heteroatoms. The predicted octanol–water partition coefficient (Wildman–Crippen LogP) is 4.08. The number of hydrogen-bond donors (Lipinski definition) is 1. The van der Waals surface area contributed by atoms with Crippen molar-refractivity contribution in [2.45, 2.75) is 59.6 Å². The summed E-state index contributed by atoms with van der Waals surface area (Å²) in [5.74, 6) is 0. The highest BCUT2D eigenvalue weighted by Crippen LogP contribution is 2.27. The molecule has 0 aliphatic carbocycles. The van der Waals surface area contributed by atoms with Crippen molar-refractivity contribution in [3.8, 4) is 0 Å². The van der Waals surface area contributed by atoms with Gasteiger partial charge < -0.3 is 10.1 Å². The molecule has 108 valence electrons. The molecule has 0 radical (unpaired) electrons. The van der Waals surface area contributed by atoms with Gasteiger partial charge in [-0.1, -0.05) is 25.5 Å². The van der Waals surface area contributed by atoms with Crippen molar-refractivity contribution in [1.82, 2.24) is 5.32 Å². The Balaban J connectivity index is 3.10. The number of likely N-dealkylation sites (N-methyl/N-ethyl adjacent to an activating group) is 1. The monoisotopic (exact) mass is 263 g/mol. The predicted molar refractivity (Wildman–Crippen MR) is 82.8 cm³/mol. The van der Waals surface area contributed by atoms with Gasteiger partial charge in [-0.05, 0) is 63.4 Å². The van der Waals surface area contributed by atoms with Crippen molar-refractivity contribution < 1.29 is 4.74 Å². The molecular formula is C17H29NO. The van der Waals surface area contributed by atoms with Crippen LogP contribution in [0.5, 0.6) is 0 Å². The SMILES string of the molecule is CCCC(OCC)C(NC)c1cc(C)c(C)cc1C. The average Bonchev–Trinajstić information content (AvgIpc) is 2.37. The number of benzene rings is 1. The van der Waals surface area contributed by atoms with Crippen LogP contribution in [0.15, 0.2) is 12.1 Å². The van der Waals surface area contributed by atoms with Gasteiger partial charge in [0.25, 0.3) is 0 Å². The third kappa shape index (κ3) is 4.05.